The van der Waals surface area contributed by atoms with Gasteiger partial charge in [0.25, 0.3) is 0 Å². The maximum Gasteiger partial charge on any atom is 0.164 e. The number of nitrogens with zero attached hydrogens (tertiary/aromatic N) is 7. The highest BCUT2D eigenvalue weighted by molar-refractivity contribution is 6.30. The van der Waals surface area contributed by atoms with Crippen molar-refractivity contribution in [2.24, 2.45) is 0 Å². The van der Waals surface area contributed by atoms with Crippen LogP contribution in [0.3, 0.4) is 0 Å². The minimum Gasteiger partial charge on any atom is -0.309 e. The lowest BCUT2D eigenvalue weighted by atomic mass is 9.88. The molecule has 356 valence electrons. The molecule has 77 heavy (non-hydrogen) atoms. The van der Waals surface area contributed by atoms with Gasteiger partial charge < -0.3 is 4.57 Å². The van der Waals surface area contributed by atoms with Crippen LogP contribution in [0.25, 0.3) is 149 Å². The van der Waals surface area contributed by atoms with Crippen LogP contribution in [0.5, 0.6) is 0 Å². The van der Waals surface area contributed by atoms with E-state index in [2.05, 4.69) is 226 Å². The van der Waals surface area contributed by atoms with E-state index in [1.54, 1.807) is 0 Å². The molecule has 0 saturated heterocycles. The first-order valence-corrected chi connectivity index (χ1v) is 25.9. The molecule has 0 aliphatic heterocycles. The topological polar surface area (TPSA) is 77.2 Å². The van der Waals surface area contributed by atoms with Gasteiger partial charge in [0.05, 0.1) is 33.7 Å². The van der Waals surface area contributed by atoms with Gasteiger partial charge >= 0.3 is 0 Å². The monoisotopic (exact) mass is 979 g/mol. The second kappa shape index (κ2) is 16.7. The number of hydrogen-bond donors (Lipinski definition) is 0. The second-order valence-electron chi connectivity index (χ2n) is 19.8. The molecule has 0 bridgehead atoms. The molecule has 0 radical (unpaired) electrons. The molecule has 0 fully saturated rings. The van der Waals surface area contributed by atoms with Crippen molar-refractivity contribution in [3.8, 4) is 57.3 Å². The molecule has 0 atom stereocenters. The van der Waals surface area contributed by atoms with Crippen molar-refractivity contribution in [2.45, 2.75) is 0 Å². The number of benzene rings is 12. The molecule has 7 nitrogen and oxygen atoms in total. The van der Waals surface area contributed by atoms with Gasteiger partial charge in [-0.1, -0.05) is 170 Å². The van der Waals surface area contributed by atoms with Crippen LogP contribution in [0.1, 0.15) is 5.56 Å². The summed E-state index contributed by atoms with van der Waals surface area (Å²) in [6, 6.07) is 90.4. The molecule has 0 aliphatic carbocycles. The average molecular weight is 980 g/mol. The average Bonchev–Trinajstić information content (AvgIpc) is 4.38. The fourth-order valence-corrected chi connectivity index (χ4v) is 12.3. The van der Waals surface area contributed by atoms with Crippen molar-refractivity contribution in [3.63, 3.8) is 0 Å². The minimum absolute atomic E-state index is 0.523. The minimum atomic E-state index is 0.523. The van der Waals surface area contributed by atoms with Crippen LogP contribution in [0.4, 0.5) is 0 Å². The molecule has 12 aromatic carbocycles. The van der Waals surface area contributed by atoms with Gasteiger partial charge in [-0.25, -0.2) is 15.0 Å². The summed E-state index contributed by atoms with van der Waals surface area (Å²) in [5.41, 5.74) is 11.9. The second-order valence-corrected chi connectivity index (χ2v) is 19.8. The third kappa shape index (κ3) is 6.40. The number of aromatic nitrogens is 6. The molecule has 0 unspecified atom stereocenters. The van der Waals surface area contributed by atoms with E-state index in [1.165, 1.54) is 26.9 Å². The Morgan fingerprint density at radius 1 is 0.299 bits per heavy atom. The smallest absolute Gasteiger partial charge is 0.164 e. The number of para-hydroxylation sites is 5. The normalized spacial score (nSPS) is 11.9. The van der Waals surface area contributed by atoms with Gasteiger partial charge in [-0.3, -0.25) is 9.13 Å². The summed E-state index contributed by atoms with van der Waals surface area (Å²) in [5, 5.41) is 25.2. The first-order chi connectivity index (χ1) is 38.2. The van der Waals surface area contributed by atoms with Crippen molar-refractivity contribution >= 4 is 97.7 Å². The van der Waals surface area contributed by atoms with E-state index in [4.69, 9.17) is 15.0 Å². The Morgan fingerprint density at radius 3 is 1.43 bits per heavy atom. The van der Waals surface area contributed by atoms with E-state index in [-0.39, 0.29) is 0 Å². The van der Waals surface area contributed by atoms with E-state index >= 15 is 0 Å². The zero-order valence-electron chi connectivity index (χ0n) is 41.3. The van der Waals surface area contributed by atoms with Crippen LogP contribution in [0.15, 0.2) is 249 Å². The predicted molar refractivity (Wildman–Crippen MR) is 316 cm³/mol. The molecular weight excluding hydrogens is 939 g/mol. The third-order valence-electron chi connectivity index (χ3n) is 15.7. The van der Waals surface area contributed by atoms with Crippen LogP contribution in [-0.4, -0.2) is 28.7 Å². The summed E-state index contributed by atoms with van der Waals surface area (Å²) < 4.78 is 7.21. The lowest BCUT2D eigenvalue weighted by molar-refractivity contribution is 1.07. The van der Waals surface area contributed by atoms with Gasteiger partial charge in [-0.15, -0.1) is 0 Å². The maximum atomic E-state index is 11.2. The van der Waals surface area contributed by atoms with Gasteiger partial charge in [0, 0.05) is 71.5 Å². The maximum absolute atomic E-state index is 11.2. The van der Waals surface area contributed by atoms with E-state index in [0.29, 0.717) is 23.0 Å². The third-order valence-corrected chi connectivity index (χ3v) is 15.7. The Balaban J connectivity index is 1.04. The van der Waals surface area contributed by atoms with Crippen molar-refractivity contribution in [1.29, 1.82) is 5.26 Å². The Hall–Kier alpha value is -10.7. The van der Waals surface area contributed by atoms with E-state index in [0.717, 1.165) is 105 Å². The summed E-state index contributed by atoms with van der Waals surface area (Å²) in [6.45, 7) is 0. The van der Waals surface area contributed by atoms with Crippen molar-refractivity contribution in [2.75, 3.05) is 0 Å². The number of rotatable bonds is 6. The van der Waals surface area contributed by atoms with Crippen molar-refractivity contribution in [3.05, 3.63) is 254 Å². The van der Waals surface area contributed by atoms with Crippen molar-refractivity contribution < 1.29 is 0 Å². The lowest BCUT2D eigenvalue weighted by Gasteiger charge is -2.19. The molecule has 16 rings (SSSR count). The van der Waals surface area contributed by atoms with E-state index in [9.17, 15) is 5.26 Å². The highest BCUT2D eigenvalue weighted by Crippen LogP contribution is 2.46. The Morgan fingerprint density at radius 2 is 0.792 bits per heavy atom. The molecule has 0 spiro atoms. The largest absolute Gasteiger partial charge is 0.309 e. The van der Waals surface area contributed by atoms with Gasteiger partial charge in [-0.05, 0) is 111 Å². The molecule has 0 N–H and O–H groups in total. The Labute approximate surface area is 441 Å². The Kier molecular flexibility index (Phi) is 9.26. The van der Waals surface area contributed by atoms with Crippen LogP contribution >= 0.6 is 0 Å². The summed E-state index contributed by atoms with van der Waals surface area (Å²) in [7, 11) is 0. The fourth-order valence-electron chi connectivity index (χ4n) is 12.3. The van der Waals surface area contributed by atoms with Crippen LogP contribution in [0.2, 0.25) is 0 Å². The fraction of sp³-hybridized carbons (Fsp3) is 0. The SMILES string of the molecule is N#Cc1ccc(-c2nc(-c3ccccc3)nc(-c3ccc4ccccc4c3)n2)c2c3ccc(-n4c5ccccc5c5ccccc54)cc3c3cc(-n4c5ccccc5c5c6ccccc6n(-c6ccccc6)c54)ccc3c12. The highest BCUT2D eigenvalue weighted by atomic mass is 15.1. The molecule has 7 heteroatoms. The molecule has 16 aromatic rings. The zero-order valence-corrected chi connectivity index (χ0v) is 41.3. The van der Waals surface area contributed by atoms with Gasteiger partial charge in [0.2, 0.25) is 0 Å². The number of hydrogen-bond acceptors (Lipinski definition) is 4. The van der Waals surface area contributed by atoms with Crippen molar-refractivity contribution in [1.82, 2.24) is 28.7 Å². The molecule has 4 heterocycles. The lowest BCUT2D eigenvalue weighted by Crippen LogP contribution is -2.02. The molecule has 0 amide bonds. The molecule has 0 saturated carbocycles. The summed E-state index contributed by atoms with van der Waals surface area (Å²) in [5.74, 6) is 1.66. The first-order valence-electron chi connectivity index (χ1n) is 25.9. The number of fused-ring (bicyclic) bond motifs is 15. The standard InChI is InChI=1S/C70H41N7/c71-42-47-33-36-57(69-73-67(44-18-3-1-4-19-44)72-68(74-69)46-32-31-43-17-7-8-20-45(43)39-46)65-54-38-34-49(75-60-27-13-9-23-51(60)52-24-10-14-28-61(52)75)40-59(54)58-41-50(35-37-53(58)64(47)65)77-63-30-16-12-26-56(63)66-55-25-11-15-29-62(55)76(70(66)77)48-21-5-2-6-22-48/h1-41H. The summed E-state index contributed by atoms with van der Waals surface area (Å²) >= 11 is 0. The van der Waals surface area contributed by atoms with E-state index < -0.39 is 0 Å². The summed E-state index contributed by atoms with van der Waals surface area (Å²) in [6.07, 6.45) is 0. The number of nitriles is 1. The zero-order chi connectivity index (χ0) is 50.7. The van der Waals surface area contributed by atoms with Crippen LogP contribution < -0.4 is 0 Å². The molecular formula is C70H41N7. The molecule has 4 aromatic heterocycles. The molecule has 0 aliphatic rings. The van der Waals surface area contributed by atoms with Gasteiger partial charge in [-0.2, -0.15) is 5.26 Å². The Bertz CT molecular complexity index is 5120. The quantitative estimate of drug-likeness (QED) is 0.156. The van der Waals surface area contributed by atoms with Crippen LogP contribution in [-0.2, 0) is 0 Å². The van der Waals surface area contributed by atoms with E-state index in [1.807, 2.05) is 42.5 Å². The summed E-state index contributed by atoms with van der Waals surface area (Å²) in [4.78, 5) is 15.8. The first kappa shape index (κ1) is 42.8. The predicted octanol–water partition coefficient (Wildman–Crippen LogP) is 17.5. The van der Waals surface area contributed by atoms with Gasteiger partial charge in [0.15, 0.2) is 17.5 Å². The van der Waals surface area contributed by atoms with Gasteiger partial charge in [0.1, 0.15) is 5.65 Å². The van der Waals surface area contributed by atoms with Crippen LogP contribution in [0, 0.1) is 11.3 Å². The highest BCUT2D eigenvalue weighted by Gasteiger charge is 2.25.